The van der Waals surface area contributed by atoms with Crippen molar-refractivity contribution in [1.29, 1.82) is 0 Å². The third-order valence-corrected chi connectivity index (χ3v) is 3.74. The van der Waals surface area contributed by atoms with Crippen molar-refractivity contribution < 1.29 is 0 Å². The molecule has 2 rings (SSSR count). The summed E-state index contributed by atoms with van der Waals surface area (Å²) in [5.74, 6) is 1.52. The normalized spacial score (nSPS) is 26.6. The Balaban J connectivity index is 2.24. The standard InChI is InChI=1S/C14H21N/c1-10-4-5-13(8-11(10)2)14-6-7-15-9-12(14)3/h4-5,8,12,14-15H,6-7,9H2,1-3H3. The minimum absolute atomic E-state index is 0.755. The Hall–Kier alpha value is -0.820. The Bertz CT molecular complexity index is 343. The number of rotatable bonds is 1. The third-order valence-electron chi connectivity index (χ3n) is 3.74. The van der Waals surface area contributed by atoms with Crippen LogP contribution >= 0.6 is 0 Å². The molecule has 1 saturated heterocycles. The first kappa shape index (κ1) is 10.7. The zero-order valence-corrected chi connectivity index (χ0v) is 10.0. The molecular formula is C14H21N. The molecule has 1 N–H and O–H groups in total. The van der Waals surface area contributed by atoms with E-state index in [1.165, 1.54) is 29.7 Å². The number of nitrogens with one attached hydrogen (secondary N) is 1. The minimum Gasteiger partial charge on any atom is -0.316 e. The summed E-state index contributed by atoms with van der Waals surface area (Å²) < 4.78 is 0. The lowest BCUT2D eigenvalue weighted by molar-refractivity contribution is 0.349. The molecule has 0 bridgehead atoms. The van der Waals surface area contributed by atoms with Crippen molar-refractivity contribution in [3.05, 3.63) is 34.9 Å². The Morgan fingerprint density at radius 2 is 2.00 bits per heavy atom. The van der Waals surface area contributed by atoms with E-state index in [-0.39, 0.29) is 0 Å². The molecule has 1 heteroatoms. The van der Waals surface area contributed by atoms with Crippen molar-refractivity contribution in [2.45, 2.75) is 33.1 Å². The molecule has 1 aliphatic rings. The van der Waals surface area contributed by atoms with Crippen molar-refractivity contribution in [3.8, 4) is 0 Å². The first-order valence-electron chi connectivity index (χ1n) is 5.96. The second-order valence-electron chi connectivity index (χ2n) is 4.92. The van der Waals surface area contributed by atoms with E-state index in [2.05, 4.69) is 44.3 Å². The van der Waals surface area contributed by atoms with Gasteiger partial charge in [-0.25, -0.2) is 0 Å². The zero-order valence-electron chi connectivity index (χ0n) is 10.0. The minimum atomic E-state index is 0.755. The molecule has 1 aromatic rings. The average molecular weight is 203 g/mol. The molecule has 1 aliphatic heterocycles. The van der Waals surface area contributed by atoms with Gasteiger partial charge in [-0.05, 0) is 61.9 Å². The predicted octanol–water partition coefficient (Wildman–Crippen LogP) is 3.02. The number of benzene rings is 1. The van der Waals surface area contributed by atoms with Gasteiger partial charge >= 0.3 is 0 Å². The molecule has 0 saturated carbocycles. The number of aryl methyl sites for hydroxylation is 2. The summed E-state index contributed by atoms with van der Waals surface area (Å²) in [5.41, 5.74) is 4.37. The van der Waals surface area contributed by atoms with E-state index in [1.54, 1.807) is 0 Å². The van der Waals surface area contributed by atoms with E-state index < -0.39 is 0 Å². The number of hydrogen-bond acceptors (Lipinski definition) is 1. The molecule has 0 aliphatic carbocycles. The molecular weight excluding hydrogens is 182 g/mol. The highest BCUT2D eigenvalue weighted by Gasteiger charge is 2.22. The van der Waals surface area contributed by atoms with Gasteiger partial charge in [-0.1, -0.05) is 25.1 Å². The molecule has 1 heterocycles. The lowest BCUT2D eigenvalue weighted by atomic mass is 9.81. The lowest BCUT2D eigenvalue weighted by Crippen LogP contribution is -2.33. The summed E-state index contributed by atoms with van der Waals surface area (Å²) in [6.07, 6.45) is 1.28. The Labute approximate surface area is 92.9 Å². The van der Waals surface area contributed by atoms with Crippen LogP contribution in [-0.4, -0.2) is 13.1 Å². The van der Waals surface area contributed by atoms with E-state index >= 15 is 0 Å². The smallest absolute Gasteiger partial charge is 0.00173 e. The molecule has 0 radical (unpaired) electrons. The molecule has 2 unspecified atom stereocenters. The van der Waals surface area contributed by atoms with Gasteiger partial charge in [0.25, 0.3) is 0 Å². The molecule has 82 valence electrons. The summed E-state index contributed by atoms with van der Waals surface area (Å²) >= 11 is 0. The molecule has 0 amide bonds. The van der Waals surface area contributed by atoms with Crippen LogP contribution in [0.3, 0.4) is 0 Å². The van der Waals surface area contributed by atoms with E-state index in [9.17, 15) is 0 Å². The largest absolute Gasteiger partial charge is 0.316 e. The SMILES string of the molecule is Cc1ccc(C2CCNCC2C)cc1C. The van der Waals surface area contributed by atoms with Gasteiger partial charge in [0.2, 0.25) is 0 Å². The second kappa shape index (κ2) is 4.36. The second-order valence-corrected chi connectivity index (χ2v) is 4.92. The summed E-state index contributed by atoms with van der Waals surface area (Å²) in [4.78, 5) is 0. The highest BCUT2D eigenvalue weighted by molar-refractivity contribution is 5.32. The highest BCUT2D eigenvalue weighted by atomic mass is 14.9. The molecule has 0 spiro atoms. The van der Waals surface area contributed by atoms with Gasteiger partial charge in [0.05, 0.1) is 0 Å². The maximum absolute atomic E-state index is 3.46. The number of hydrogen-bond donors (Lipinski definition) is 1. The van der Waals surface area contributed by atoms with Crippen LogP contribution in [0.15, 0.2) is 18.2 Å². The van der Waals surface area contributed by atoms with Crippen molar-refractivity contribution in [2.75, 3.05) is 13.1 Å². The van der Waals surface area contributed by atoms with Gasteiger partial charge in [-0.15, -0.1) is 0 Å². The summed E-state index contributed by atoms with van der Waals surface area (Å²) in [5, 5.41) is 3.46. The quantitative estimate of drug-likeness (QED) is 0.740. The van der Waals surface area contributed by atoms with Crippen LogP contribution in [-0.2, 0) is 0 Å². The van der Waals surface area contributed by atoms with Crippen molar-refractivity contribution >= 4 is 0 Å². The fraction of sp³-hybridized carbons (Fsp3) is 0.571. The monoisotopic (exact) mass is 203 g/mol. The van der Waals surface area contributed by atoms with E-state index in [4.69, 9.17) is 0 Å². The first-order chi connectivity index (χ1) is 7.18. The first-order valence-corrected chi connectivity index (χ1v) is 5.96. The van der Waals surface area contributed by atoms with Crippen molar-refractivity contribution in [3.63, 3.8) is 0 Å². The maximum Gasteiger partial charge on any atom is -0.00173 e. The van der Waals surface area contributed by atoms with Crippen LogP contribution < -0.4 is 5.32 Å². The van der Waals surface area contributed by atoms with E-state index in [0.29, 0.717) is 0 Å². The maximum atomic E-state index is 3.46. The fourth-order valence-electron chi connectivity index (χ4n) is 2.50. The molecule has 2 atom stereocenters. The highest BCUT2D eigenvalue weighted by Crippen LogP contribution is 2.30. The van der Waals surface area contributed by atoms with Gasteiger partial charge in [0.15, 0.2) is 0 Å². The van der Waals surface area contributed by atoms with E-state index in [1.807, 2.05) is 0 Å². The molecule has 1 fully saturated rings. The van der Waals surface area contributed by atoms with Crippen LogP contribution in [0, 0.1) is 19.8 Å². The van der Waals surface area contributed by atoms with E-state index in [0.717, 1.165) is 18.4 Å². The summed E-state index contributed by atoms with van der Waals surface area (Å²) in [6.45, 7) is 9.08. The van der Waals surface area contributed by atoms with Gasteiger partial charge < -0.3 is 5.32 Å². The third kappa shape index (κ3) is 2.23. The van der Waals surface area contributed by atoms with Gasteiger partial charge in [-0.2, -0.15) is 0 Å². The van der Waals surface area contributed by atoms with Crippen LogP contribution in [0.5, 0.6) is 0 Å². The number of piperidine rings is 1. The molecule has 0 aromatic heterocycles. The zero-order chi connectivity index (χ0) is 10.8. The Morgan fingerprint density at radius 1 is 1.20 bits per heavy atom. The molecule has 15 heavy (non-hydrogen) atoms. The Morgan fingerprint density at radius 3 is 2.67 bits per heavy atom. The lowest BCUT2D eigenvalue weighted by Gasteiger charge is -2.30. The topological polar surface area (TPSA) is 12.0 Å². The van der Waals surface area contributed by atoms with Gasteiger partial charge in [0.1, 0.15) is 0 Å². The molecule has 1 aromatic carbocycles. The van der Waals surface area contributed by atoms with Gasteiger partial charge in [-0.3, -0.25) is 0 Å². The average Bonchev–Trinajstić information content (AvgIpc) is 2.23. The summed E-state index contributed by atoms with van der Waals surface area (Å²) in [7, 11) is 0. The van der Waals surface area contributed by atoms with Crippen LogP contribution in [0.4, 0.5) is 0 Å². The van der Waals surface area contributed by atoms with Gasteiger partial charge in [0, 0.05) is 0 Å². The van der Waals surface area contributed by atoms with Crippen molar-refractivity contribution in [1.82, 2.24) is 5.32 Å². The summed E-state index contributed by atoms with van der Waals surface area (Å²) in [6, 6.07) is 6.95. The predicted molar refractivity (Wildman–Crippen MR) is 65.3 cm³/mol. The van der Waals surface area contributed by atoms with Crippen molar-refractivity contribution in [2.24, 2.45) is 5.92 Å². The van der Waals surface area contributed by atoms with Crippen LogP contribution in [0.1, 0.15) is 36.0 Å². The van der Waals surface area contributed by atoms with Crippen LogP contribution in [0.25, 0.3) is 0 Å². The molecule has 1 nitrogen and oxygen atoms in total. The Kier molecular flexibility index (Phi) is 3.11. The fourth-order valence-corrected chi connectivity index (χ4v) is 2.50. The van der Waals surface area contributed by atoms with Crippen LogP contribution in [0.2, 0.25) is 0 Å².